The summed E-state index contributed by atoms with van der Waals surface area (Å²) in [7, 11) is 0. The lowest BCUT2D eigenvalue weighted by Gasteiger charge is -2.11. The van der Waals surface area contributed by atoms with Crippen LogP contribution in [0.25, 0.3) is 0 Å². The average molecular weight is 172 g/mol. The molecule has 0 aromatic rings. The fourth-order valence-electron chi connectivity index (χ4n) is 1.90. The minimum Gasteiger partial charge on any atom is -0.158 e. The van der Waals surface area contributed by atoms with E-state index in [4.69, 9.17) is 0 Å². The summed E-state index contributed by atoms with van der Waals surface area (Å²) >= 11 is 2.19. The lowest BCUT2D eigenvalue weighted by Crippen LogP contribution is -2.04. The van der Waals surface area contributed by atoms with Gasteiger partial charge in [0.25, 0.3) is 0 Å². The Balaban J connectivity index is 2.19. The lowest BCUT2D eigenvalue weighted by molar-refractivity contribution is 0.429. The van der Waals surface area contributed by atoms with Gasteiger partial charge in [-0.3, -0.25) is 0 Å². The van der Waals surface area contributed by atoms with Gasteiger partial charge in [-0.25, -0.2) is 0 Å². The molecular weight excluding hydrogens is 152 g/mol. The molecule has 2 atom stereocenters. The molecule has 0 saturated carbocycles. The topological polar surface area (TPSA) is 0 Å². The number of hydrogen-bond donors (Lipinski definition) is 0. The summed E-state index contributed by atoms with van der Waals surface area (Å²) in [5, 5.41) is 0.985. The van der Waals surface area contributed by atoms with Crippen molar-refractivity contribution in [2.75, 3.05) is 5.75 Å². The molecule has 1 heteroatoms. The van der Waals surface area contributed by atoms with E-state index in [1.54, 1.807) is 0 Å². The Morgan fingerprint density at radius 3 is 2.64 bits per heavy atom. The molecule has 0 aromatic carbocycles. The second-order valence-electron chi connectivity index (χ2n) is 4.09. The maximum Gasteiger partial charge on any atom is 0.00474 e. The molecule has 0 N–H and O–H groups in total. The molecule has 11 heavy (non-hydrogen) atoms. The standard InChI is InChI=1S/C10H20S/c1-4-10-6-9(7-11-10)5-8(2)3/h8-10H,4-7H2,1-3H3. The fraction of sp³-hybridized carbons (Fsp3) is 1.00. The Kier molecular flexibility index (Phi) is 3.77. The molecule has 2 unspecified atom stereocenters. The van der Waals surface area contributed by atoms with Gasteiger partial charge in [-0.1, -0.05) is 20.8 Å². The Morgan fingerprint density at radius 2 is 2.18 bits per heavy atom. The molecule has 1 saturated heterocycles. The van der Waals surface area contributed by atoms with Crippen LogP contribution in [-0.4, -0.2) is 11.0 Å². The molecule has 1 rings (SSSR count). The van der Waals surface area contributed by atoms with Crippen LogP contribution in [0.2, 0.25) is 0 Å². The Labute approximate surface area is 75.1 Å². The van der Waals surface area contributed by atoms with Crippen molar-refractivity contribution in [1.82, 2.24) is 0 Å². The van der Waals surface area contributed by atoms with Gasteiger partial charge in [-0.2, -0.15) is 11.8 Å². The van der Waals surface area contributed by atoms with Crippen molar-refractivity contribution in [2.24, 2.45) is 11.8 Å². The number of rotatable bonds is 3. The quantitative estimate of drug-likeness (QED) is 0.627. The monoisotopic (exact) mass is 172 g/mol. The van der Waals surface area contributed by atoms with Crippen LogP contribution in [0.5, 0.6) is 0 Å². The fourth-order valence-corrected chi connectivity index (χ4v) is 3.36. The van der Waals surface area contributed by atoms with Crippen molar-refractivity contribution in [1.29, 1.82) is 0 Å². The van der Waals surface area contributed by atoms with Crippen LogP contribution in [0.3, 0.4) is 0 Å². The highest BCUT2D eigenvalue weighted by molar-refractivity contribution is 8.00. The molecule has 66 valence electrons. The van der Waals surface area contributed by atoms with Gasteiger partial charge in [0, 0.05) is 5.25 Å². The summed E-state index contributed by atoms with van der Waals surface area (Å²) in [4.78, 5) is 0. The minimum atomic E-state index is 0.899. The highest BCUT2D eigenvalue weighted by atomic mass is 32.2. The van der Waals surface area contributed by atoms with Gasteiger partial charge in [-0.05, 0) is 36.9 Å². The van der Waals surface area contributed by atoms with Crippen molar-refractivity contribution in [3.63, 3.8) is 0 Å². The van der Waals surface area contributed by atoms with Crippen LogP contribution >= 0.6 is 11.8 Å². The zero-order valence-corrected chi connectivity index (χ0v) is 8.79. The normalized spacial score (nSPS) is 31.6. The molecule has 0 radical (unpaired) electrons. The highest BCUT2D eigenvalue weighted by Gasteiger charge is 2.23. The summed E-state index contributed by atoms with van der Waals surface area (Å²) in [5.74, 6) is 3.36. The van der Waals surface area contributed by atoms with Gasteiger partial charge in [0.2, 0.25) is 0 Å². The third-order valence-electron chi connectivity index (χ3n) is 2.42. The van der Waals surface area contributed by atoms with E-state index in [1.807, 2.05) is 0 Å². The molecule has 1 heterocycles. The smallest absolute Gasteiger partial charge is 0.00474 e. The van der Waals surface area contributed by atoms with Crippen molar-refractivity contribution < 1.29 is 0 Å². The zero-order chi connectivity index (χ0) is 8.27. The van der Waals surface area contributed by atoms with Gasteiger partial charge in [-0.15, -0.1) is 0 Å². The van der Waals surface area contributed by atoms with Crippen molar-refractivity contribution >= 4 is 11.8 Å². The maximum absolute atomic E-state index is 2.34. The summed E-state index contributed by atoms with van der Waals surface area (Å²) in [6, 6.07) is 0. The molecule has 1 fully saturated rings. The van der Waals surface area contributed by atoms with Crippen LogP contribution in [0.15, 0.2) is 0 Å². The molecule has 1 aliphatic rings. The molecule has 0 aliphatic carbocycles. The van der Waals surface area contributed by atoms with E-state index in [1.165, 1.54) is 25.0 Å². The van der Waals surface area contributed by atoms with Crippen LogP contribution in [0, 0.1) is 11.8 Å². The van der Waals surface area contributed by atoms with E-state index < -0.39 is 0 Å². The first kappa shape index (κ1) is 9.44. The first-order chi connectivity index (χ1) is 5.22. The van der Waals surface area contributed by atoms with E-state index >= 15 is 0 Å². The third kappa shape index (κ3) is 3.06. The second-order valence-corrected chi connectivity index (χ2v) is 5.43. The SMILES string of the molecule is CCC1CC(CC(C)C)CS1. The number of thioether (sulfide) groups is 1. The maximum atomic E-state index is 2.34. The van der Waals surface area contributed by atoms with E-state index in [9.17, 15) is 0 Å². The average Bonchev–Trinajstić information content (AvgIpc) is 2.34. The Bertz CT molecular complexity index is 109. The third-order valence-corrected chi connectivity index (χ3v) is 4.08. The van der Waals surface area contributed by atoms with Gasteiger partial charge in [0.05, 0.1) is 0 Å². The molecule has 0 amide bonds. The van der Waals surface area contributed by atoms with Crippen molar-refractivity contribution in [3.05, 3.63) is 0 Å². The summed E-state index contributed by atoms with van der Waals surface area (Å²) < 4.78 is 0. The van der Waals surface area contributed by atoms with Crippen molar-refractivity contribution in [2.45, 2.75) is 45.3 Å². The first-order valence-corrected chi connectivity index (χ1v) is 5.88. The van der Waals surface area contributed by atoms with E-state index in [0.29, 0.717) is 0 Å². The van der Waals surface area contributed by atoms with Gasteiger partial charge in [0.1, 0.15) is 0 Å². The summed E-state index contributed by atoms with van der Waals surface area (Å²) in [6.07, 6.45) is 4.31. The molecule has 0 aromatic heterocycles. The van der Waals surface area contributed by atoms with Crippen LogP contribution in [0.1, 0.15) is 40.0 Å². The van der Waals surface area contributed by atoms with E-state index in [-0.39, 0.29) is 0 Å². The van der Waals surface area contributed by atoms with Crippen LogP contribution in [-0.2, 0) is 0 Å². The lowest BCUT2D eigenvalue weighted by atomic mass is 9.94. The van der Waals surface area contributed by atoms with E-state index in [0.717, 1.165) is 17.1 Å². The van der Waals surface area contributed by atoms with E-state index in [2.05, 4.69) is 32.5 Å². The summed E-state index contributed by atoms with van der Waals surface area (Å²) in [6.45, 7) is 6.99. The minimum absolute atomic E-state index is 0.899. The van der Waals surface area contributed by atoms with Crippen molar-refractivity contribution in [3.8, 4) is 0 Å². The number of hydrogen-bond acceptors (Lipinski definition) is 1. The van der Waals surface area contributed by atoms with Crippen LogP contribution < -0.4 is 0 Å². The Hall–Kier alpha value is 0.350. The predicted molar refractivity (Wildman–Crippen MR) is 54.1 cm³/mol. The largest absolute Gasteiger partial charge is 0.158 e. The highest BCUT2D eigenvalue weighted by Crippen LogP contribution is 2.36. The van der Waals surface area contributed by atoms with Gasteiger partial charge >= 0.3 is 0 Å². The molecule has 1 aliphatic heterocycles. The second kappa shape index (κ2) is 4.39. The molecular formula is C10H20S. The first-order valence-electron chi connectivity index (χ1n) is 4.84. The zero-order valence-electron chi connectivity index (χ0n) is 7.97. The van der Waals surface area contributed by atoms with Gasteiger partial charge < -0.3 is 0 Å². The van der Waals surface area contributed by atoms with Crippen LogP contribution in [0.4, 0.5) is 0 Å². The van der Waals surface area contributed by atoms with Gasteiger partial charge in [0.15, 0.2) is 0 Å². The molecule has 0 bridgehead atoms. The predicted octanol–water partition coefficient (Wildman–Crippen LogP) is 3.56. The molecule has 0 nitrogen and oxygen atoms in total. The Morgan fingerprint density at radius 1 is 1.45 bits per heavy atom. The molecule has 0 spiro atoms. The summed E-state index contributed by atoms with van der Waals surface area (Å²) in [5.41, 5.74) is 0.